The highest BCUT2D eigenvalue weighted by atomic mass is 16.5. The molecule has 1 fully saturated rings. The quantitative estimate of drug-likeness (QED) is 0.743. The third-order valence-corrected chi connectivity index (χ3v) is 3.70. The largest absolute Gasteiger partial charge is 0.497 e. The lowest BCUT2D eigenvalue weighted by Gasteiger charge is -2.24. The molecule has 0 unspecified atom stereocenters. The zero-order chi connectivity index (χ0) is 12.1. The van der Waals surface area contributed by atoms with E-state index in [4.69, 9.17) is 4.74 Å². The van der Waals surface area contributed by atoms with Crippen molar-refractivity contribution in [3.8, 4) is 5.75 Å². The molecule has 0 aliphatic heterocycles. The van der Waals surface area contributed by atoms with Crippen LogP contribution in [0.25, 0.3) is 0 Å². The number of hydrogen-bond donors (Lipinski definition) is 0. The summed E-state index contributed by atoms with van der Waals surface area (Å²) in [6.45, 7) is 0. The Morgan fingerprint density at radius 3 is 2.71 bits per heavy atom. The first-order chi connectivity index (χ1) is 8.35. The highest BCUT2D eigenvalue weighted by molar-refractivity contribution is 5.57. The lowest BCUT2D eigenvalue weighted by molar-refractivity contribution is -0.107. The molecule has 17 heavy (non-hydrogen) atoms. The number of aldehydes is 1. The Hall–Kier alpha value is -1.31. The highest BCUT2D eigenvalue weighted by Crippen LogP contribution is 2.35. The van der Waals surface area contributed by atoms with Gasteiger partial charge in [-0.3, -0.25) is 0 Å². The van der Waals surface area contributed by atoms with Crippen LogP contribution >= 0.6 is 0 Å². The second-order valence-electron chi connectivity index (χ2n) is 4.77. The molecule has 0 radical (unpaired) electrons. The summed E-state index contributed by atoms with van der Waals surface area (Å²) in [5.41, 5.74) is 2.50. The molecule has 1 aromatic carbocycles. The van der Waals surface area contributed by atoms with Crippen LogP contribution in [0.1, 0.15) is 49.1 Å². The van der Waals surface area contributed by atoms with Gasteiger partial charge in [0.2, 0.25) is 0 Å². The molecule has 0 saturated heterocycles. The van der Waals surface area contributed by atoms with E-state index >= 15 is 0 Å². The molecule has 0 heterocycles. The number of hydrogen-bond acceptors (Lipinski definition) is 2. The van der Waals surface area contributed by atoms with E-state index in [2.05, 4.69) is 6.07 Å². The predicted molar refractivity (Wildman–Crippen MR) is 68.6 cm³/mol. The first-order valence-corrected chi connectivity index (χ1v) is 6.45. The third kappa shape index (κ3) is 2.87. The van der Waals surface area contributed by atoms with Gasteiger partial charge in [-0.05, 0) is 42.0 Å². The van der Waals surface area contributed by atoms with Crippen LogP contribution in [0, 0.1) is 0 Å². The Kier molecular flexibility index (Phi) is 4.18. The topological polar surface area (TPSA) is 26.3 Å². The number of methoxy groups -OCH3 is 1. The first kappa shape index (κ1) is 12.2. The molecule has 0 aromatic heterocycles. The summed E-state index contributed by atoms with van der Waals surface area (Å²) < 4.78 is 5.23. The zero-order valence-electron chi connectivity index (χ0n) is 10.4. The fourth-order valence-electron chi connectivity index (χ4n) is 2.79. The van der Waals surface area contributed by atoms with Crippen molar-refractivity contribution in [1.29, 1.82) is 0 Å². The average molecular weight is 232 g/mol. The van der Waals surface area contributed by atoms with Crippen molar-refractivity contribution >= 4 is 6.29 Å². The van der Waals surface area contributed by atoms with Crippen LogP contribution in [0.2, 0.25) is 0 Å². The standard InChI is InChI=1S/C15H20O2/c1-17-14-7-8-15(13(11-14)9-10-16)12-5-3-2-4-6-12/h7-8,10-12H,2-6,9H2,1H3. The molecule has 1 aliphatic carbocycles. The summed E-state index contributed by atoms with van der Waals surface area (Å²) in [6.07, 6.45) is 8.00. The monoisotopic (exact) mass is 232 g/mol. The van der Waals surface area contributed by atoms with E-state index in [1.54, 1.807) is 7.11 Å². The average Bonchev–Trinajstić information content (AvgIpc) is 2.40. The van der Waals surface area contributed by atoms with Crippen molar-refractivity contribution in [3.63, 3.8) is 0 Å². The minimum atomic E-state index is 0.503. The Morgan fingerprint density at radius 1 is 1.29 bits per heavy atom. The van der Waals surface area contributed by atoms with Crippen LogP contribution < -0.4 is 4.74 Å². The number of ether oxygens (including phenoxy) is 1. The van der Waals surface area contributed by atoms with Gasteiger partial charge in [0.1, 0.15) is 12.0 Å². The summed E-state index contributed by atoms with van der Waals surface area (Å²) >= 11 is 0. The van der Waals surface area contributed by atoms with Crippen molar-refractivity contribution in [2.24, 2.45) is 0 Å². The number of benzene rings is 1. The molecule has 92 valence electrons. The lowest BCUT2D eigenvalue weighted by atomic mass is 9.81. The predicted octanol–water partition coefficient (Wildman–Crippen LogP) is 3.48. The van der Waals surface area contributed by atoms with E-state index in [0.29, 0.717) is 12.3 Å². The van der Waals surface area contributed by atoms with Crippen molar-refractivity contribution in [2.75, 3.05) is 7.11 Å². The lowest BCUT2D eigenvalue weighted by Crippen LogP contribution is -2.08. The number of carbonyl (C=O) groups is 1. The Morgan fingerprint density at radius 2 is 2.06 bits per heavy atom. The van der Waals surface area contributed by atoms with E-state index in [1.165, 1.54) is 37.7 Å². The van der Waals surface area contributed by atoms with Gasteiger partial charge >= 0.3 is 0 Å². The molecule has 1 aromatic rings. The van der Waals surface area contributed by atoms with E-state index in [-0.39, 0.29) is 0 Å². The summed E-state index contributed by atoms with van der Waals surface area (Å²) in [6, 6.07) is 6.17. The molecule has 2 nitrogen and oxygen atoms in total. The number of carbonyl (C=O) groups excluding carboxylic acids is 1. The van der Waals surface area contributed by atoms with Crippen molar-refractivity contribution < 1.29 is 9.53 Å². The van der Waals surface area contributed by atoms with Gasteiger partial charge < -0.3 is 9.53 Å². The van der Waals surface area contributed by atoms with Gasteiger partial charge in [0.25, 0.3) is 0 Å². The Labute approximate surface area is 103 Å². The first-order valence-electron chi connectivity index (χ1n) is 6.45. The minimum absolute atomic E-state index is 0.503. The van der Waals surface area contributed by atoms with E-state index in [1.807, 2.05) is 12.1 Å². The van der Waals surface area contributed by atoms with Crippen molar-refractivity contribution in [1.82, 2.24) is 0 Å². The van der Waals surface area contributed by atoms with Gasteiger partial charge in [0.05, 0.1) is 7.11 Å². The molecule has 0 N–H and O–H groups in total. The Bertz CT molecular complexity index is 379. The summed E-state index contributed by atoms with van der Waals surface area (Å²) in [7, 11) is 1.67. The molecule has 0 spiro atoms. The van der Waals surface area contributed by atoms with Gasteiger partial charge in [0, 0.05) is 6.42 Å². The molecule has 1 aliphatic rings. The van der Waals surface area contributed by atoms with Crippen LogP contribution in [0.4, 0.5) is 0 Å². The second-order valence-corrected chi connectivity index (χ2v) is 4.77. The smallest absolute Gasteiger partial charge is 0.124 e. The maximum Gasteiger partial charge on any atom is 0.124 e. The number of rotatable bonds is 4. The second kappa shape index (κ2) is 5.85. The normalized spacial score (nSPS) is 16.8. The SMILES string of the molecule is COc1ccc(C2CCCCC2)c(CC=O)c1. The molecular formula is C15H20O2. The summed E-state index contributed by atoms with van der Waals surface area (Å²) in [5.74, 6) is 1.49. The fraction of sp³-hybridized carbons (Fsp3) is 0.533. The molecular weight excluding hydrogens is 212 g/mol. The van der Waals surface area contributed by atoms with Crippen molar-refractivity contribution in [2.45, 2.75) is 44.4 Å². The zero-order valence-corrected chi connectivity index (χ0v) is 10.4. The van der Waals surface area contributed by atoms with Gasteiger partial charge in [-0.15, -0.1) is 0 Å². The molecule has 2 rings (SSSR count). The molecule has 1 saturated carbocycles. The highest BCUT2D eigenvalue weighted by Gasteiger charge is 2.18. The van der Waals surface area contributed by atoms with Crippen LogP contribution in [0.3, 0.4) is 0 Å². The van der Waals surface area contributed by atoms with Crippen LogP contribution in [0.5, 0.6) is 5.75 Å². The van der Waals surface area contributed by atoms with Gasteiger partial charge in [-0.25, -0.2) is 0 Å². The third-order valence-electron chi connectivity index (χ3n) is 3.70. The molecule has 2 heteroatoms. The van der Waals surface area contributed by atoms with E-state index < -0.39 is 0 Å². The minimum Gasteiger partial charge on any atom is -0.497 e. The van der Waals surface area contributed by atoms with Crippen LogP contribution in [-0.2, 0) is 11.2 Å². The summed E-state index contributed by atoms with van der Waals surface area (Å²) in [4.78, 5) is 10.8. The maximum absolute atomic E-state index is 10.8. The van der Waals surface area contributed by atoms with E-state index in [9.17, 15) is 4.79 Å². The van der Waals surface area contributed by atoms with Crippen LogP contribution in [0.15, 0.2) is 18.2 Å². The van der Waals surface area contributed by atoms with E-state index in [0.717, 1.165) is 17.6 Å². The van der Waals surface area contributed by atoms with Gasteiger partial charge in [-0.1, -0.05) is 25.3 Å². The van der Waals surface area contributed by atoms with Gasteiger partial charge in [0.15, 0.2) is 0 Å². The molecule has 0 amide bonds. The fourth-order valence-corrected chi connectivity index (χ4v) is 2.79. The Balaban J connectivity index is 2.27. The van der Waals surface area contributed by atoms with Crippen molar-refractivity contribution in [3.05, 3.63) is 29.3 Å². The summed E-state index contributed by atoms with van der Waals surface area (Å²) in [5, 5.41) is 0. The molecule has 0 atom stereocenters. The maximum atomic E-state index is 10.8. The molecule has 0 bridgehead atoms. The van der Waals surface area contributed by atoms with Crippen LogP contribution in [-0.4, -0.2) is 13.4 Å². The van der Waals surface area contributed by atoms with Gasteiger partial charge in [-0.2, -0.15) is 0 Å².